The number of fused-ring (bicyclic) bond motifs is 1. The number of hydrogen-bond donors (Lipinski definition) is 2. The number of amides is 1. The van der Waals surface area contributed by atoms with Crippen LogP contribution >= 0.6 is 0 Å². The number of aromatic amines is 1. The second kappa shape index (κ2) is 17.8. The third-order valence-electron chi connectivity index (χ3n) is 6.89. The topological polar surface area (TPSA) is 137 Å². The molecule has 0 aliphatic rings. The maximum absolute atomic E-state index is 11.9. The van der Waals surface area contributed by atoms with Crippen LogP contribution in [-0.4, -0.2) is 69.6 Å². The highest BCUT2D eigenvalue weighted by Crippen LogP contribution is 2.28. The number of ketones is 1. The van der Waals surface area contributed by atoms with Gasteiger partial charge in [-0.2, -0.15) is 10.2 Å². The molecule has 0 bridgehead atoms. The number of allylic oxidation sites excluding steroid dienone is 2. The Morgan fingerprint density at radius 2 is 1.59 bits per heavy atom. The Bertz CT molecular complexity index is 2030. The molecule has 13 nitrogen and oxygen atoms in total. The zero-order chi connectivity index (χ0) is 35.4. The minimum absolute atomic E-state index is 0. The van der Waals surface area contributed by atoms with Gasteiger partial charge in [0, 0.05) is 81.8 Å². The summed E-state index contributed by atoms with van der Waals surface area (Å²) in [5.74, 6) is 0.186. The number of carbonyl (C=O) groups is 2. The highest BCUT2D eigenvalue weighted by molar-refractivity contribution is 6.05. The molecule has 2 aromatic carbocycles. The van der Waals surface area contributed by atoms with Gasteiger partial charge >= 0.3 is 0 Å². The third-order valence-corrected chi connectivity index (χ3v) is 6.89. The van der Waals surface area contributed by atoms with Crippen LogP contribution < -0.4 is 15.5 Å². The molecule has 0 aliphatic heterocycles. The third kappa shape index (κ3) is 10.1. The summed E-state index contributed by atoms with van der Waals surface area (Å²) in [6.07, 6.45) is 7.85. The van der Waals surface area contributed by atoms with Crippen LogP contribution in [0.1, 0.15) is 31.6 Å². The van der Waals surface area contributed by atoms with E-state index in [1.807, 2.05) is 57.2 Å². The molecule has 0 spiro atoms. The standard InChI is InChI=1S/C17H15N5.C14H18N2O2.C4H4N4.CH4/c1-12(2)21(4)14-7-5-6-13(10-14)16-8-9-19-17-15(18-3)11-20-22(16)17;1-11(17)16(4)13-7-5-6-12(10-13)14(18)8-9-15(2)3;1-6-3-2-7-8-4(3)5;/h5-11H,1H2,2,4H3;5-10H,1-4H3;2H,(H3,5,7,8);1H4/b;9-8+;;. The second-order valence-electron chi connectivity index (χ2n) is 10.6. The van der Waals surface area contributed by atoms with E-state index in [2.05, 4.69) is 42.6 Å². The molecule has 0 aliphatic carbocycles. The molecule has 0 fully saturated rings. The van der Waals surface area contributed by atoms with Crippen LogP contribution in [0.3, 0.4) is 0 Å². The summed E-state index contributed by atoms with van der Waals surface area (Å²) in [7, 11) is 7.36. The number of carbonyl (C=O) groups excluding carboxylic acids is 2. The Labute approximate surface area is 287 Å². The van der Waals surface area contributed by atoms with Gasteiger partial charge in [0.2, 0.25) is 17.3 Å². The Morgan fingerprint density at radius 1 is 0.939 bits per heavy atom. The first-order valence-electron chi connectivity index (χ1n) is 14.5. The van der Waals surface area contributed by atoms with Crippen molar-refractivity contribution in [2.24, 2.45) is 0 Å². The van der Waals surface area contributed by atoms with E-state index in [-0.39, 0.29) is 19.1 Å². The van der Waals surface area contributed by atoms with E-state index < -0.39 is 0 Å². The molecule has 13 heteroatoms. The number of nitrogens with zero attached hydrogens (tertiary/aromatic N) is 9. The Kier molecular flexibility index (Phi) is 14.0. The van der Waals surface area contributed by atoms with Gasteiger partial charge in [0.1, 0.15) is 5.82 Å². The molecule has 0 saturated heterocycles. The summed E-state index contributed by atoms with van der Waals surface area (Å²) in [5.41, 5.74) is 11.8. The van der Waals surface area contributed by atoms with Gasteiger partial charge in [-0.15, -0.1) is 0 Å². The largest absolute Gasteiger partial charge is 0.393 e. The predicted molar refractivity (Wildman–Crippen MR) is 197 cm³/mol. The van der Waals surface area contributed by atoms with Gasteiger partial charge in [-0.05, 0) is 37.3 Å². The number of H-pyrrole nitrogens is 1. The van der Waals surface area contributed by atoms with Crippen LogP contribution in [0, 0.1) is 13.1 Å². The first-order chi connectivity index (χ1) is 22.9. The molecule has 5 rings (SSSR count). The van der Waals surface area contributed by atoms with Crippen LogP contribution in [0.2, 0.25) is 0 Å². The number of rotatable bonds is 7. The first-order valence-corrected chi connectivity index (χ1v) is 14.5. The smallest absolute Gasteiger partial charge is 0.250 e. The molecule has 0 saturated carbocycles. The van der Waals surface area contributed by atoms with Gasteiger partial charge in [-0.3, -0.25) is 14.7 Å². The predicted octanol–water partition coefficient (Wildman–Crippen LogP) is 7.02. The summed E-state index contributed by atoms with van der Waals surface area (Å²) < 4.78 is 1.70. The van der Waals surface area contributed by atoms with Crippen molar-refractivity contribution in [1.29, 1.82) is 0 Å². The monoisotopic (exact) mass is 659 g/mol. The molecule has 0 radical (unpaired) electrons. The van der Waals surface area contributed by atoms with Crippen molar-refractivity contribution in [3.05, 3.63) is 126 Å². The van der Waals surface area contributed by atoms with Crippen LogP contribution in [-0.2, 0) is 4.79 Å². The zero-order valence-electron chi connectivity index (χ0n) is 27.7. The SMILES string of the molecule is C.CC(=O)N(C)c1cccc(C(=O)/C=C/N(C)C)c1.[C-]#[N+]c1cn[nH]c1N.[C-]#[N+]c1cnn2c(-c3cccc(N(C)C(=C)C)c3)ccnc12. The van der Waals surface area contributed by atoms with Crippen molar-refractivity contribution < 1.29 is 9.59 Å². The fourth-order valence-electron chi connectivity index (χ4n) is 4.01. The van der Waals surface area contributed by atoms with Gasteiger partial charge < -0.3 is 20.4 Å². The van der Waals surface area contributed by atoms with Crippen LogP contribution in [0.25, 0.3) is 26.6 Å². The lowest BCUT2D eigenvalue weighted by molar-refractivity contribution is -0.116. The average molecular weight is 660 g/mol. The van der Waals surface area contributed by atoms with E-state index in [9.17, 15) is 9.59 Å². The maximum Gasteiger partial charge on any atom is 0.250 e. The van der Waals surface area contributed by atoms with Gasteiger partial charge in [-0.25, -0.2) is 19.2 Å². The number of nitrogens with two attached hydrogens (primary N) is 1. The van der Waals surface area contributed by atoms with Gasteiger partial charge in [0.25, 0.3) is 0 Å². The Hall–Kier alpha value is -6.73. The van der Waals surface area contributed by atoms with Crippen LogP contribution in [0.4, 0.5) is 28.6 Å². The summed E-state index contributed by atoms with van der Waals surface area (Å²) >= 11 is 0. The lowest BCUT2D eigenvalue weighted by Gasteiger charge is -2.19. The van der Waals surface area contributed by atoms with E-state index in [1.54, 1.807) is 59.3 Å². The average Bonchev–Trinajstić information content (AvgIpc) is 3.72. The normalized spacial score (nSPS) is 9.88. The molecule has 3 heterocycles. The zero-order valence-corrected chi connectivity index (χ0v) is 27.7. The van der Waals surface area contributed by atoms with Gasteiger partial charge in [0.15, 0.2) is 11.4 Å². The lowest BCUT2D eigenvalue weighted by Crippen LogP contribution is -2.22. The number of nitrogen functional groups attached to an aromatic ring is 1. The van der Waals surface area contributed by atoms with E-state index in [4.69, 9.17) is 18.9 Å². The van der Waals surface area contributed by atoms with Gasteiger partial charge in [0.05, 0.1) is 31.2 Å². The highest BCUT2D eigenvalue weighted by Gasteiger charge is 2.12. The number of aromatic nitrogens is 5. The Balaban J connectivity index is 0.000000277. The summed E-state index contributed by atoms with van der Waals surface area (Å²) in [5, 5.41) is 10.2. The number of hydrogen-bond acceptors (Lipinski definition) is 8. The van der Waals surface area contributed by atoms with E-state index in [1.165, 1.54) is 24.1 Å². The molecule has 3 aromatic heterocycles. The summed E-state index contributed by atoms with van der Waals surface area (Å²) in [6, 6.07) is 17.0. The van der Waals surface area contributed by atoms with Gasteiger partial charge in [-0.1, -0.05) is 38.3 Å². The number of anilines is 3. The minimum atomic E-state index is -0.0810. The fraction of sp³-hybridized carbons (Fsp3) is 0.194. The molecular formula is C36H41N11O2. The van der Waals surface area contributed by atoms with Crippen molar-refractivity contribution in [2.75, 3.05) is 43.7 Å². The lowest BCUT2D eigenvalue weighted by atomic mass is 10.1. The van der Waals surface area contributed by atoms with Crippen molar-refractivity contribution in [3.8, 4) is 11.3 Å². The molecular weight excluding hydrogens is 618 g/mol. The molecule has 0 unspecified atom stereocenters. The first kappa shape index (κ1) is 38.5. The van der Waals surface area contributed by atoms with Crippen LogP contribution in [0.5, 0.6) is 0 Å². The molecule has 3 N–H and O–H groups in total. The quantitative estimate of drug-likeness (QED) is 0.108. The maximum atomic E-state index is 11.9. The summed E-state index contributed by atoms with van der Waals surface area (Å²) in [4.78, 5) is 39.2. The number of benzene rings is 2. The van der Waals surface area contributed by atoms with Crippen molar-refractivity contribution >= 4 is 45.9 Å². The van der Waals surface area contributed by atoms with Crippen LogP contribution in [0.15, 0.2) is 97.7 Å². The highest BCUT2D eigenvalue weighted by atomic mass is 16.2. The minimum Gasteiger partial charge on any atom is -0.393 e. The van der Waals surface area contributed by atoms with E-state index in [0.29, 0.717) is 34.1 Å². The Morgan fingerprint density at radius 3 is 2.14 bits per heavy atom. The molecule has 0 atom stereocenters. The van der Waals surface area contributed by atoms with E-state index in [0.717, 1.165) is 22.6 Å². The van der Waals surface area contributed by atoms with Crippen molar-refractivity contribution in [2.45, 2.75) is 21.3 Å². The molecule has 1 amide bonds. The fourth-order valence-corrected chi connectivity index (χ4v) is 4.01. The molecule has 49 heavy (non-hydrogen) atoms. The van der Waals surface area contributed by atoms with Crippen molar-refractivity contribution in [3.63, 3.8) is 0 Å². The molecule has 5 aromatic rings. The summed E-state index contributed by atoms with van der Waals surface area (Å²) in [6.45, 7) is 21.1. The second-order valence-corrected chi connectivity index (χ2v) is 10.6. The number of nitrogens with one attached hydrogen (secondary N) is 1. The van der Waals surface area contributed by atoms with Crippen molar-refractivity contribution in [1.82, 2.24) is 29.7 Å². The van der Waals surface area contributed by atoms with E-state index >= 15 is 0 Å². The molecule has 252 valence electrons.